The van der Waals surface area contributed by atoms with Gasteiger partial charge < -0.3 is 5.32 Å². The average Bonchev–Trinajstić information content (AvgIpc) is 2.39. The Balaban J connectivity index is 1.94. The lowest BCUT2D eigenvalue weighted by molar-refractivity contribution is 0.0919. The highest BCUT2D eigenvalue weighted by Gasteiger charge is 2.21. The molecular weight excluding hydrogens is 222 g/mol. The summed E-state index contributed by atoms with van der Waals surface area (Å²) in [5, 5.41) is 3.15. The first kappa shape index (κ1) is 13.1. The first-order chi connectivity index (χ1) is 8.66. The number of hydrogen-bond acceptors (Lipinski definition) is 1. The minimum Gasteiger partial charge on any atom is -0.349 e. The first-order valence-electron chi connectivity index (χ1n) is 7.04. The highest BCUT2D eigenvalue weighted by molar-refractivity contribution is 5.94. The summed E-state index contributed by atoms with van der Waals surface area (Å²) in [4.78, 5) is 12.1. The summed E-state index contributed by atoms with van der Waals surface area (Å²) in [5.41, 5.74) is 1.91. The normalized spacial score (nSPS) is 18.3. The number of nitrogens with one attached hydrogen (secondary N) is 1. The van der Waals surface area contributed by atoms with Crippen molar-refractivity contribution in [2.75, 3.05) is 0 Å². The Labute approximate surface area is 110 Å². The lowest BCUT2D eigenvalue weighted by Gasteiger charge is -2.28. The molecule has 1 aliphatic carbocycles. The Bertz CT molecular complexity index is 407. The SMILES string of the molecule is Cc1cccc(C(=O)N[C@@H](C)C2CCCCC2)c1. The van der Waals surface area contributed by atoms with Crippen LogP contribution in [0.1, 0.15) is 54.9 Å². The molecular formula is C16H23NO. The molecule has 2 nitrogen and oxygen atoms in total. The molecule has 0 saturated heterocycles. The highest BCUT2D eigenvalue weighted by Crippen LogP contribution is 2.26. The fourth-order valence-electron chi connectivity index (χ4n) is 2.83. The minimum absolute atomic E-state index is 0.0665. The summed E-state index contributed by atoms with van der Waals surface area (Å²) in [6.45, 7) is 4.16. The van der Waals surface area contributed by atoms with E-state index in [0.29, 0.717) is 12.0 Å². The molecule has 0 bridgehead atoms. The van der Waals surface area contributed by atoms with Crippen LogP contribution in [0.25, 0.3) is 0 Å². The molecule has 1 amide bonds. The molecule has 1 N–H and O–H groups in total. The van der Waals surface area contributed by atoms with Gasteiger partial charge in [-0.25, -0.2) is 0 Å². The van der Waals surface area contributed by atoms with E-state index in [0.717, 1.165) is 11.1 Å². The fraction of sp³-hybridized carbons (Fsp3) is 0.562. The predicted molar refractivity (Wildman–Crippen MR) is 74.7 cm³/mol. The summed E-state index contributed by atoms with van der Waals surface area (Å²) < 4.78 is 0. The van der Waals surface area contributed by atoms with E-state index in [1.54, 1.807) is 0 Å². The molecule has 2 heteroatoms. The number of aryl methyl sites for hydroxylation is 1. The largest absolute Gasteiger partial charge is 0.349 e. The van der Waals surface area contributed by atoms with Crippen LogP contribution in [0.4, 0.5) is 0 Å². The lowest BCUT2D eigenvalue weighted by atomic mass is 9.84. The Morgan fingerprint density at radius 3 is 2.67 bits per heavy atom. The van der Waals surface area contributed by atoms with Gasteiger partial charge in [0.1, 0.15) is 0 Å². The molecule has 1 saturated carbocycles. The monoisotopic (exact) mass is 245 g/mol. The van der Waals surface area contributed by atoms with Gasteiger partial charge in [0.25, 0.3) is 5.91 Å². The zero-order valence-electron chi connectivity index (χ0n) is 11.4. The smallest absolute Gasteiger partial charge is 0.251 e. The second-order valence-corrected chi connectivity index (χ2v) is 5.53. The van der Waals surface area contributed by atoms with Crippen LogP contribution in [0.15, 0.2) is 24.3 Å². The molecule has 1 aromatic rings. The van der Waals surface area contributed by atoms with E-state index in [1.165, 1.54) is 32.1 Å². The Kier molecular flexibility index (Phi) is 4.40. The van der Waals surface area contributed by atoms with Crippen molar-refractivity contribution in [1.82, 2.24) is 5.32 Å². The molecule has 1 atom stereocenters. The quantitative estimate of drug-likeness (QED) is 0.864. The van der Waals surface area contributed by atoms with Crippen molar-refractivity contribution in [3.05, 3.63) is 35.4 Å². The molecule has 18 heavy (non-hydrogen) atoms. The van der Waals surface area contributed by atoms with Gasteiger partial charge in [0.2, 0.25) is 0 Å². The van der Waals surface area contributed by atoms with E-state index in [2.05, 4.69) is 12.2 Å². The molecule has 0 aromatic heterocycles. The van der Waals surface area contributed by atoms with E-state index in [9.17, 15) is 4.79 Å². The lowest BCUT2D eigenvalue weighted by Crippen LogP contribution is -2.38. The second kappa shape index (κ2) is 6.03. The number of carbonyl (C=O) groups excluding carboxylic acids is 1. The number of hydrogen-bond donors (Lipinski definition) is 1. The molecule has 0 aliphatic heterocycles. The number of rotatable bonds is 3. The molecule has 2 rings (SSSR count). The van der Waals surface area contributed by atoms with Gasteiger partial charge in [-0.15, -0.1) is 0 Å². The maximum absolute atomic E-state index is 12.1. The highest BCUT2D eigenvalue weighted by atomic mass is 16.1. The number of carbonyl (C=O) groups is 1. The minimum atomic E-state index is 0.0665. The fourth-order valence-corrected chi connectivity index (χ4v) is 2.83. The van der Waals surface area contributed by atoms with Crippen molar-refractivity contribution < 1.29 is 4.79 Å². The van der Waals surface area contributed by atoms with Crippen LogP contribution in [0, 0.1) is 12.8 Å². The van der Waals surface area contributed by atoms with Gasteiger partial charge in [0.15, 0.2) is 0 Å². The zero-order valence-corrected chi connectivity index (χ0v) is 11.4. The third-order valence-corrected chi connectivity index (χ3v) is 4.00. The van der Waals surface area contributed by atoms with Gasteiger partial charge in [0, 0.05) is 11.6 Å². The maximum atomic E-state index is 12.1. The summed E-state index contributed by atoms with van der Waals surface area (Å²) in [6.07, 6.45) is 6.50. The van der Waals surface area contributed by atoms with Crippen molar-refractivity contribution >= 4 is 5.91 Å². The van der Waals surface area contributed by atoms with Gasteiger partial charge in [-0.2, -0.15) is 0 Å². The van der Waals surface area contributed by atoms with Crippen LogP contribution in [0.5, 0.6) is 0 Å². The average molecular weight is 245 g/mol. The van der Waals surface area contributed by atoms with E-state index in [1.807, 2.05) is 31.2 Å². The van der Waals surface area contributed by atoms with Crippen molar-refractivity contribution in [2.45, 2.75) is 52.0 Å². The van der Waals surface area contributed by atoms with Crippen molar-refractivity contribution in [2.24, 2.45) is 5.92 Å². The third kappa shape index (κ3) is 3.34. The Morgan fingerprint density at radius 2 is 2.00 bits per heavy atom. The van der Waals surface area contributed by atoms with E-state index in [4.69, 9.17) is 0 Å². The van der Waals surface area contributed by atoms with Crippen LogP contribution in [0.3, 0.4) is 0 Å². The van der Waals surface area contributed by atoms with Crippen LogP contribution < -0.4 is 5.32 Å². The Hall–Kier alpha value is -1.31. The molecule has 1 aromatic carbocycles. The van der Waals surface area contributed by atoms with Crippen molar-refractivity contribution in [3.8, 4) is 0 Å². The van der Waals surface area contributed by atoms with E-state index in [-0.39, 0.29) is 5.91 Å². The first-order valence-corrected chi connectivity index (χ1v) is 7.04. The molecule has 0 unspecified atom stereocenters. The van der Waals surface area contributed by atoms with Crippen molar-refractivity contribution in [1.29, 1.82) is 0 Å². The second-order valence-electron chi connectivity index (χ2n) is 5.53. The van der Waals surface area contributed by atoms with Gasteiger partial charge >= 0.3 is 0 Å². The Morgan fingerprint density at radius 1 is 1.28 bits per heavy atom. The third-order valence-electron chi connectivity index (χ3n) is 4.00. The molecule has 0 radical (unpaired) electrons. The van der Waals surface area contributed by atoms with Gasteiger partial charge in [-0.3, -0.25) is 4.79 Å². The van der Waals surface area contributed by atoms with Crippen molar-refractivity contribution in [3.63, 3.8) is 0 Å². The van der Waals surface area contributed by atoms with Crippen LogP contribution in [0.2, 0.25) is 0 Å². The molecule has 1 aliphatic rings. The summed E-state index contributed by atoms with van der Waals surface area (Å²) in [5.74, 6) is 0.726. The maximum Gasteiger partial charge on any atom is 0.251 e. The number of benzene rings is 1. The van der Waals surface area contributed by atoms with E-state index >= 15 is 0 Å². The standard InChI is InChI=1S/C16H23NO/c1-12-7-6-10-15(11-12)16(18)17-13(2)14-8-4-3-5-9-14/h6-7,10-11,13-14H,3-5,8-9H2,1-2H3,(H,17,18)/t13-/m0/s1. The van der Waals surface area contributed by atoms with Gasteiger partial charge in [-0.05, 0) is 44.7 Å². The summed E-state index contributed by atoms with van der Waals surface area (Å²) in [6, 6.07) is 8.08. The molecule has 0 spiro atoms. The van der Waals surface area contributed by atoms with Crippen LogP contribution >= 0.6 is 0 Å². The molecule has 98 valence electrons. The molecule has 1 fully saturated rings. The van der Waals surface area contributed by atoms with Crippen LogP contribution in [-0.2, 0) is 0 Å². The van der Waals surface area contributed by atoms with E-state index < -0.39 is 0 Å². The number of amides is 1. The predicted octanol–water partition coefficient (Wildman–Crippen LogP) is 3.69. The zero-order chi connectivity index (χ0) is 13.0. The van der Waals surface area contributed by atoms with Crippen LogP contribution in [-0.4, -0.2) is 11.9 Å². The summed E-state index contributed by atoms with van der Waals surface area (Å²) >= 11 is 0. The molecule has 0 heterocycles. The van der Waals surface area contributed by atoms with Gasteiger partial charge in [-0.1, -0.05) is 37.0 Å². The topological polar surface area (TPSA) is 29.1 Å². The van der Waals surface area contributed by atoms with Gasteiger partial charge in [0.05, 0.1) is 0 Å². The summed E-state index contributed by atoms with van der Waals surface area (Å²) in [7, 11) is 0.